The molecule has 0 aliphatic rings. The molecule has 7 heteroatoms. The third-order valence-corrected chi connectivity index (χ3v) is 5.71. The minimum atomic E-state index is -0.180. The molecule has 6 nitrogen and oxygen atoms in total. The van der Waals surface area contributed by atoms with E-state index >= 15 is 0 Å². The number of thiophene rings is 1. The van der Waals surface area contributed by atoms with Crippen molar-refractivity contribution in [2.45, 2.75) is 0 Å². The molecule has 150 valence electrons. The highest BCUT2D eigenvalue weighted by molar-refractivity contribution is 7.12. The van der Waals surface area contributed by atoms with Crippen molar-refractivity contribution in [2.24, 2.45) is 0 Å². The van der Waals surface area contributed by atoms with Gasteiger partial charge in [0.15, 0.2) is 5.65 Å². The predicted octanol–water partition coefficient (Wildman–Crippen LogP) is 4.94. The zero-order valence-corrected chi connectivity index (χ0v) is 17.0. The fourth-order valence-corrected chi connectivity index (χ4v) is 4.04. The number of ketones is 1. The molecule has 0 saturated heterocycles. The first-order chi connectivity index (χ1) is 15.2. The molecule has 0 atom stereocenters. The second-order valence-electron chi connectivity index (χ2n) is 6.83. The predicted molar refractivity (Wildman–Crippen MR) is 121 cm³/mol. The molecule has 0 aliphatic heterocycles. The molecule has 31 heavy (non-hydrogen) atoms. The van der Waals surface area contributed by atoms with Crippen molar-refractivity contribution in [3.63, 3.8) is 0 Å². The summed E-state index contributed by atoms with van der Waals surface area (Å²) in [4.78, 5) is 30.3. The first-order valence-corrected chi connectivity index (χ1v) is 10.5. The van der Waals surface area contributed by atoms with Crippen LogP contribution in [-0.4, -0.2) is 26.3 Å². The Labute approximate surface area is 181 Å². The number of hydrogen-bond donors (Lipinski definition) is 1. The van der Waals surface area contributed by atoms with Gasteiger partial charge in [0.2, 0.25) is 5.78 Å². The largest absolute Gasteiger partial charge is 0.322 e. The molecule has 3 heterocycles. The normalized spacial score (nSPS) is 10.8. The summed E-state index contributed by atoms with van der Waals surface area (Å²) in [6, 6.07) is 22.0. The van der Waals surface area contributed by atoms with Crippen molar-refractivity contribution in [3.05, 3.63) is 107 Å². The summed E-state index contributed by atoms with van der Waals surface area (Å²) in [6.07, 6.45) is 3.21. The maximum absolute atomic E-state index is 12.8. The quantitative estimate of drug-likeness (QED) is 0.406. The van der Waals surface area contributed by atoms with Crippen LogP contribution in [0.5, 0.6) is 0 Å². The second kappa shape index (κ2) is 7.97. The van der Waals surface area contributed by atoms with Crippen LogP contribution in [0.15, 0.2) is 90.6 Å². The summed E-state index contributed by atoms with van der Waals surface area (Å²) in [5.41, 5.74) is 3.82. The Balaban J connectivity index is 1.49. The van der Waals surface area contributed by atoms with E-state index in [9.17, 15) is 9.59 Å². The van der Waals surface area contributed by atoms with Crippen LogP contribution in [0.1, 0.15) is 25.6 Å². The Kier molecular flexibility index (Phi) is 4.86. The summed E-state index contributed by atoms with van der Waals surface area (Å²) in [7, 11) is 0. The van der Waals surface area contributed by atoms with Gasteiger partial charge >= 0.3 is 0 Å². The van der Waals surface area contributed by atoms with Gasteiger partial charge in [-0.25, -0.2) is 9.50 Å². The number of benzene rings is 2. The van der Waals surface area contributed by atoms with E-state index in [1.54, 1.807) is 35.1 Å². The van der Waals surface area contributed by atoms with Crippen LogP contribution in [0.25, 0.3) is 16.9 Å². The van der Waals surface area contributed by atoms with Gasteiger partial charge in [-0.3, -0.25) is 9.59 Å². The molecule has 0 fully saturated rings. The van der Waals surface area contributed by atoms with E-state index in [0.29, 0.717) is 27.3 Å². The minimum Gasteiger partial charge on any atom is -0.322 e. The van der Waals surface area contributed by atoms with Gasteiger partial charge in [0.1, 0.15) is 0 Å². The SMILES string of the molecule is O=C(Nc1cccc(-c2ccnc3c(C(=O)c4cccs4)cnn23)c1)c1ccccc1. The maximum Gasteiger partial charge on any atom is 0.255 e. The molecule has 0 radical (unpaired) electrons. The molecule has 3 aromatic heterocycles. The van der Waals surface area contributed by atoms with Crippen molar-refractivity contribution in [1.82, 2.24) is 14.6 Å². The van der Waals surface area contributed by atoms with Crippen LogP contribution in [0.4, 0.5) is 5.69 Å². The highest BCUT2D eigenvalue weighted by atomic mass is 32.1. The average Bonchev–Trinajstić information content (AvgIpc) is 3.50. The first-order valence-electron chi connectivity index (χ1n) is 9.58. The van der Waals surface area contributed by atoms with E-state index < -0.39 is 0 Å². The van der Waals surface area contributed by atoms with Gasteiger partial charge in [-0.1, -0.05) is 36.4 Å². The van der Waals surface area contributed by atoms with Crippen LogP contribution in [0.3, 0.4) is 0 Å². The fraction of sp³-hybridized carbons (Fsp3) is 0. The standard InChI is InChI=1S/C24H16N4O2S/c29-22(21-10-5-13-31-21)19-15-26-28-20(11-12-25-23(19)28)17-8-4-9-18(14-17)27-24(30)16-6-2-1-3-7-16/h1-15H,(H,27,30). The monoisotopic (exact) mass is 424 g/mol. The Hall–Kier alpha value is -4.10. The lowest BCUT2D eigenvalue weighted by atomic mass is 10.1. The van der Waals surface area contributed by atoms with Gasteiger partial charge < -0.3 is 5.32 Å². The molecule has 0 saturated carbocycles. The van der Waals surface area contributed by atoms with Gasteiger partial charge in [-0.05, 0) is 41.8 Å². The van der Waals surface area contributed by atoms with Gasteiger partial charge in [0.05, 0.1) is 22.3 Å². The van der Waals surface area contributed by atoms with E-state index in [1.165, 1.54) is 11.3 Å². The number of fused-ring (bicyclic) bond motifs is 1. The fourth-order valence-electron chi connectivity index (χ4n) is 3.36. The third-order valence-electron chi connectivity index (χ3n) is 4.84. The van der Waals surface area contributed by atoms with Crippen molar-refractivity contribution in [1.29, 1.82) is 0 Å². The molecule has 0 aliphatic carbocycles. The third kappa shape index (κ3) is 3.62. The van der Waals surface area contributed by atoms with E-state index in [-0.39, 0.29) is 11.7 Å². The van der Waals surface area contributed by atoms with E-state index in [1.807, 2.05) is 60.0 Å². The molecule has 0 bridgehead atoms. The number of rotatable bonds is 5. The number of amides is 1. The zero-order chi connectivity index (χ0) is 21.2. The second-order valence-corrected chi connectivity index (χ2v) is 7.78. The average molecular weight is 424 g/mol. The summed E-state index contributed by atoms with van der Waals surface area (Å²) in [6.45, 7) is 0. The summed E-state index contributed by atoms with van der Waals surface area (Å²) in [5, 5.41) is 9.20. The molecular weight excluding hydrogens is 408 g/mol. The molecule has 0 spiro atoms. The number of aromatic nitrogens is 3. The van der Waals surface area contributed by atoms with Crippen molar-refractivity contribution in [3.8, 4) is 11.3 Å². The van der Waals surface area contributed by atoms with Crippen LogP contribution < -0.4 is 5.32 Å². The van der Waals surface area contributed by atoms with Crippen molar-refractivity contribution >= 4 is 34.4 Å². The number of carbonyl (C=O) groups excluding carboxylic acids is 2. The number of nitrogens with zero attached hydrogens (tertiary/aromatic N) is 3. The van der Waals surface area contributed by atoms with E-state index in [4.69, 9.17) is 0 Å². The van der Waals surface area contributed by atoms with E-state index in [2.05, 4.69) is 15.4 Å². The number of anilines is 1. The summed E-state index contributed by atoms with van der Waals surface area (Å²) in [5.74, 6) is -0.279. The summed E-state index contributed by atoms with van der Waals surface area (Å²) < 4.78 is 1.65. The molecule has 5 rings (SSSR count). The van der Waals surface area contributed by atoms with Gasteiger partial charge in [-0.15, -0.1) is 11.3 Å². The van der Waals surface area contributed by atoms with Crippen LogP contribution in [0, 0.1) is 0 Å². The molecule has 2 aromatic carbocycles. The Morgan fingerprint density at radius 2 is 1.81 bits per heavy atom. The number of hydrogen-bond acceptors (Lipinski definition) is 5. The lowest BCUT2D eigenvalue weighted by molar-refractivity contribution is 0.102. The molecule has 1 amide bonds. The van der Waals surface area contributed by atoms with Gasteiger partial charge in [-0.2, -0.15) is 5.10 Å². The Bertz CT molecular complexity index is 1390. The highest BCUT2D eigenvalue weighted by Gasteiger charge is 2.18. The van der Waals surface area contributed by atoms with Crippen LogP contribution in [0.2, 0.25) is 0 Å². The first kappa shape index (κ1) is 18.9. The molecule has 0 unspecified atom stereocenters. The highest BCUT2D eigenvalue weighted by Crippen LogP contribution is 2.25. The smallest absolute Gasteiger partial charge is 0.255 e. The van der Waals surface area contributed by atoms with E-state index in [0.717, 1.165) is 11.3 Å². The van der Waals surface area contributed by atoms with Gasteiger partial charge in [0, 0.05) is 23.0 Å². The van der Waals surface area contributed by atoms with Crippen LogP contribution >= 0.6 is 11.3 Å². The Morgan fingerprint density at radius 3 is 2.61 bits per heavy atom. The Morgan fingerprint density at radius 1 is 0.935 bits per heavy atom. The zero-order valence-electron chi connectivity index (χ0n) is 16.2. The minimum absolute atomic E-state index is 0.0986. The van der Waals surface area contributed by atoms with Crippen molar-refractivity contribution < 1.29 is 9.59 Å². The van der Waals surface area contributed by atoms with Gasteiger partial charge in [0.25, 0.3) is 5.91 Å². The molecule has 5 aromatic rings. The lowest BCUT2D eigenvalue weighted by Crippen LogP contribution is -2.11. The number of nitrogens with one attached hydrogen (secondary N) is 1. The molecular formula is C24H16N4O2S. The number of carbonyl (C=O) groups is 2. The lowest BCUT2D eigenvalue weighted by Gasteiger charge is -2.09. The molecule has 1 N–H and O–H groups in total. The maximum atomic E-state index is 12.8. The summed E-state index contributed by atoms with van der Waals surface area (Å²) >= 11 is 1.39. The topological polar surface area (TPSA) is 76.4 Å². The van der Waals surface area contributed by atoms with Crippen molar-refractivity contribution in [2.75, 3.05) is 5.32 Å². The van der Waals surface area contributed by atoms with Crippen LogP contribution in [-0.2, 0) is 0 Å².